The van der Waals surface area contributed by atoms with Crippen LogP contribution < -0.4 is 15.0 Å². The van der Waals surface area contributed by atoms with Crippen molar-refractivity contribution in [2.75, 3.05) is 50.6 Å². The number of methoxy groups -OCH3 is 1. The van der Waals surface area contributed by atoms with Gasteiger partial charge in [0.2, 0.25) is 0 Å². The van der Waals surface area contributed by atoms with Gasteiger partial charge in [0.05, 0.1) is 39.7 Å². The molecule has 2 N–H and O–H groups in total. The molecule has 0 saturated carbocycles. The molecular formula is C25H28Cl2N4O3. The summed E-state index contributed by atoms with van der Waals surface area (Å²) in [6, 6.07) is 9.01. The first-order chi connectivity index (χ1) is 16.3. The fraction of sp³-hybridized carbons (Fsp3) is 0.360. The van der Waals surface area contributed by atoms with Gasteiger partial charge in [-0.15, -0.1) is 0 Å². The summed E-state index contributed by atoms with van der Waals surface area (Å²) < 4.78 is 5.75. The van der Waals surface area contributed by atoms with Gasteiger partial charge in [-0.3, -0.25) is 4.98 Å². The minimum atomic E-state index is -1.04. The van der Waals surface area contributed by atoms with Crippen molar-refractivity contribution < 1.29 is 14.6 Å². The van der Waals surface area contributed by atoms with Crippen molar-refractivity contribution in [3.8, 4) is 5.75 Å². The number of hydrogen-bond donors (Lipinski definition) is 2. The number of rotatable bonds is 6. The Kier molecular flexibility index (Phi) is 7.36. The van der Waals surface area contributed by atoms with Gasteiger partial charge < -0.3 is 25.0 Å². The molecule has 2 heterocycles. The molecule has 1 fully saturated rings. The van der Waals surface area contributed by atoms with E-state index in [9.17, 15) is 9.90 Å². The number of aromatic carboxylic acids is 1. The van der Waals surface area contributed by atoms with Gasteiger partial charge in [-0.1, -0.05) is 30.1 Å². The van der Waals surface area contributed by atoms with Crippen molar-refractivity contribution >= 4 is 57.1 Å². The summed E-state index contributed by atoms with van der Waals surface area (Å²) in [7, 11) is 3.77. The maximum Gasteiger partial charge on any atom is 0.339 e. The molecule has 2 aromatic carbocycles. The maximum absolute atomic E-state index is 12.4. The van der Waals surface area contributed by atoms with Crippen LogP contribution in [0.4, 0.5) is 17.1 Å². The fourth-order valence-electron chi connectivity index (χ4n) is 4.36. The van der Waals surface area contributed by atoms with Gasteiger partial charge >= 0.3 is 5.97 Å². The number of nitrogens with zero attached hydrogens (tertiary/aromatic N) is 3. The molecule has 0 bridgehead atoms. The van der Waals surface area contributed by atoms with Crippen LogP contribution in [0.5, 0.6) is 5.75 Å². The lowest BCUT2D eigenvalue weighted by molar-refractivity contribution is 0.0696. The van der Waals surface area contributed by atoms with Crippen molar-refractivity contribution in [1.82, 2.24) is 9.88 Å². The number of likely N-dealkylation sites (N-methyl/N-ethyl adjacent to an activating group) is 1. The summed E-state index contributed by atoms with van der Waals surface area (Å²) in [5.41, 5.74) is 3.34. The van der Waals surface area contributed by atoms with Crippen LogP contribution >= 0.6 is 23.2 Å². The molecule has 0 spiro atoms. The predicted molar refractivity (Wildman–Crippen MR) is 139 cm³/mol. The SMILES string of the molecule is CCc1nc2cc(OC)c(N3CCCN(C)CC3)cc2c(Nc2ccc(Cl)c(Cl)c2)c1C(=O)O. The lowest BCUT2D eigenvalue weighted by atomic mass is 10.0. The Morgan fingerprint density at radius 2 is 1.94 bits per heavy atom. The first kappa shape index (κ1) is 24.4. The number of fused-ring (bicyclic) bond motifs is 1. The number of benzene rings is 2. The molecule has 1 aliphatic rings. The Morgan fingerprint density at radius 1 is 1.15 bits per heavy atom. The fourth-order valence-corrected chi connectivity index (χ4v) is 4.66. The van der Waals surface area contributed by atoms with Crippen LogP contribution in [0.3, 0.4) is 0 Å². The van der Waals surface area contributed by atoms with E-state index in [2.05, 4.69) is 22.2 Å². The summed E-state index contributed by atoms with van der Waals surface area (Å²) in [5.74, 6) is -0.322. The zero-order valence-electron chi connectivity index (χ0n) is 19.5. The highest BCUT2D eigenvalue weighted by atomic mass is 35.5. The molecule has 9 heteroatoms. The summed E-state index contributed by atoms with van der Waals surface area (Å²) in [5, 5.41) is 14.9. The number of nitrogens with one attached hydrogen (secondary N) is 1. The van der Waals surface area contributed by atoms with E-state index >= 15 is 0 Å². The van der Waals surface area contributed by atoms with Gasteiger partial charge in [0.1, 0.15) is 11.3 Å². The molecule has 34 heavy (non-hydrogen) atoms. The number of carboxylic acids is 1. The summed E-state index contributed by atoms with van der Waals surface area (Å²) in [6.07, 6.45) is 1.50. The van der Waals surface area contributed by atoms with E-state index in [-0.39, 0.29) is 5.56 Å². The molecule has 1 aromatic heterocycles. The van der Waals surface area contributed by atoms with Crippen LogP contribution in [0.15, 0.2) is 30.3 Å². The highest BCUT2D eigenvalue weighted by Gasteiger charge is 2.24. The van der Waals surface area contributed by atoms with Crippen LogP contribution in [0.2, 0.25) is 10.0 Å². The number of pyridine rings is 1. The zero-order valence-corrected chi connectivity index (χ0v) is 21.0. The molecule has 4 rings (SSSR count). The number of hydrogen-bond acceptors (Lipinski definition) is 6. The van der Waals surface area contributed by atoms with E-state index in [1.165, 1.54) is 0 Å². The van der Waals surface area contributed by atoms with E-state index in [1.807, 2.05) is 19.1 Å². The molecule has 7 nitrogen and oxygen atoms in total. The second kappa shape index (κ2) is 10.3. The number of ether oxygens (including phenoxy) is 1. The molecule has 3 aromatic rings. The highest BCUT2D eigenvalue weighted by molar-refractivity contribution is 6.42. The third kappa shape index (κ3) is 4.87. The van der Waals surface area contributed by atoms with Gasteiger partial charge in [0.15, 0.2) is 0 Å². The number of aromatic nitrogens is 1. The number of anilines is 3. The van der Waals surface area contributed by atoms with Crippen LogP contribution in [0, 0.1) is 0 Å². The second-order valence-corrected chi connectivity index (χ2v) is 9.22. The molecule has 180 valence electrons. The number of aryl methyl sites for hydroxylation is 1. The number of halogens is 2. The molecule has 0 radical (unpaired) electrons. The first-order valence-electron chi connectivity index (χ1n) is 11.3. The monoisotopic (exact) mass is 502 g/mol. The Labute approximate surface area is 209 Å². The second-order valence-electron chi connectivity index (χ2n) is 8.41. The molecular weight excluding hydrogens is 475 g/mol. The average Bonchev–Trinajstić information content (AvgIpc) is 3.04. The van der Waals surface area contributed by atoms with E-state index in [1.54, 1.807) is 25.3 Å². The van der Waals surface area contributed by atoms with Crippen LogP contribution in [-0.2, 0) is 6.42 Å². The van der Waals surface area contributed by atoms with Crippen LogP contribution in [0.1, 0.15) is 29.4 Å². The normalized spacial score (nSPS) is 14.8. The maximum atomic E-state index is 12.4. The lowest BCUT2D eigenvalue weighted by Gasteiger charge is -2.26. The number of carboxylic acid groups (broad SMARTS) is 1. The average molecular weight is 503 g/mol. The standard InChI is InChI=1S/C25H28Cl2N4O3/c1-4-19-23(25(32)33)24(28-15-6-7-17(26)18(27)12-15)16-13-21(22(34-3)14-20(16)29-19)31-9-5-8-30(2)10-11-31/h6-7,12-14H,4-5,8-11H2,1-3H3,(H,28,29)(H,32,33). The first-order valence-corrected chi connectivity index (χ1v) is 12.0. The van der Waals surface area contributed by atoms with Gasteiger partial charge in [-0.05, 0) is 50.7 Å². The van der Waals surface area contributed by atoms with Gasteiger partial charge in [-0.2, -0.15) is 0 Å². The molecule has 1 saturated heterocycles. The minimum absolute atomic E-state index is 0.146. The third-order valence-corrected chi connectivity index (χ3v) is 6.90. The van der Waals surface area contributed by atoms with Gasteiger partial charge in [-0.25, -0.2) is 4.79 Å². The van der Waals surface area contributed by atoms with Gasteiger partial charge in [0.25, 0.3) is 0 Å². The van der Waals surface area contributed by atoms with Crippen molar-refractivity contribution in [2.24, 2.45) is 0 Å². The Balaban J connectivity index is 1.94. The van der Waals surface area contributed by atoms with Crippen molar-refractivity contribution in [3.63, 3.8) is 0 Å². The van der Waals surface area contributed by atoms with Gasteiger partial charge in [0, 0.05) is 36.8 Å². The highest BCUT2D eigenvalue weighted by Crippen LogP contribution is 2.40. The van der Waals surface area contributed by atoms with Crippen LogP contribution in [0.25, 0.3) is 10.9 Å². The predicted octanol–water partition coefficient (Wildman–Crippen LogP) is 5.70. The van der Waals surface area contributed by atoms with Crippen molar-refractivity contribution in [3.05, 3.63) is 51.6 Å². The van der Waals surface area contributed by atoms with E-state index in [4.69, 9.17) is 32.9 Å². The summed E-state index contributed by atoms with van der Waals surface area (Å²) >= 11 is 12.3. The van der Waals surface area contributed by atoms with E-state index in [0.29, 0.717) is 44.4 Å². The Bertz CT molecular complexity index is 1230. The smallest absolute Gasteiger partial charge is 0.339 e. The van der Waals surface area contributed by atoms with E-state index in [0.717, 1.165) is 44.0 Å². The molecule has 0 unspecified atom stereocenters. The molecule has 0 atom stereocenters. The summed E-state index contributed by atoms with van der Waals surface area (Å²) in [4.78, 5) is 21.7. The Hall–Kier alpha value is -2.74. The topological polar surface area (TPSA) is 77.9 Å². The molecule has 1 aliphatic heterocycles. The third-order valence-electron chi connectivity index (χ3n) is 6.16. The quantitative estimate of drug-likeness (QED) is 0.447. The zero-order chi connectivity index (χ0) is 24.4. The molecule has 0 aliphatic carbocycles. The van der Waals surface area contributed by atoms with E-state index < -0.39 is 5.97 Å². The van der Waals surface area contributed by atoms with Crippen LogP contribution in [-0.4, -0.2) is 61.3 Å². The summed E-state index contributed by atoms with van der Waals surface area (Å²) in [6.45, 7) is 5.58. The Morgan fingerprint density at radius 3 is 2.62 bits per heavy atom. The largest absolute Gasteiger partial charge is 0.495 e. The lowest BCUT2D eigenvalue weighted by Crippen LogP contribution is -2.29. The number of carbonyl (C=O) groups is 1. The minimum Gasteiger partial charge on any atom is -0.495 e. The van der Waals surface area contributed by atoms with Crippen molar-refractivity contribution in [1.29, 1.82) is 0 Å². The van der Waals surface area contributed by atoms with Crippen molar-refractivity contribution in [2.45, 2.75) is 19.8 Å². The molecule has 0 amide bonds.